The lowest BCUT2D eigenvalue weighted by Crippen LogP contribution is -2.47. The van der Waals surface area contributed by atoms with Gasteiger partial charge in [-0.05, 0) is 42.2 Å². The van der Waals surface area contributed by atoms with Crippen molar-refractivity contribution in [3.8, 4) is 5.75 Å². The molecule has 2 amide bonds. The van der Waals surface area contributed by atoms with Crippen LogP contribution in [0.15, 0.2) is 84.9 Å². The van der Waals surface area contributed by atoms with Gasteiger partial charge in [-0.15, -0.1) is 0 Å². The fraction of sp³-hybridized carbons (Fsp3) is 0.250. The molecular formula is C28H28N2O4. The number of carbonyl (C=O) groups excluding carboxylic acids is 3. The zero-order valence-electron chi connectivity index (χ0n) is 19.1. The number of hydrogen-bond donors (Lipinski definition) is 1. The molecule has 1 aliphatic rings. The zero-order valence-corrected chi connectivity index (χ0v) is 19.1. The molecule has 0 aromatic heterocycles. The Kier molecular flexibility index (Phi) is 7.38. The molecule has 0 atom stereocenters. The summed E-state index contributed by atoms with van der Waals surface area (Å²) in [5, 5.41) is 3.21. The Bertz CT molecular complexity index is 1100. The number of nitrogens with zero attached hydrogens (tertiary/aromatic N) is 1. The molecule has 1 N–H and O–H groups in total. The molecule has 34 heavy (non-hydrogen) atoms. The van der Waals surface area contributed by atoms with Crippen LogP contribution in [0.25, 0.3) is 0 Å². The van der Waals surface area contributed by atoms with Gasteiger partial charge in [-0.1, -0.05) is 66.7 Å². The molecule has 1 saturated heterocycles. The average Bonchev–Trinajstić information content (AvgIpc) is 2.85. The predicted octanol–water partition coefficient (Wildman–Crippen LogP) is 4.16. The summed E-state index contributed by atoms with van der Waals surface area (Å²) >= 11 is 0. The minimum Gasteiger partial charge on any atom is -0.427 e. The Hall–Kier alpha value is -3.93. The molecule has 3 aromatic carbocycles. The van der Waals surface area contributed by atoms with Gasteiger partial charge in [0, 0.05) is 31.6 Å². The van der Waals surface area contributed by atoms with Crippen LogP contribution in [0.3, 0.4) is 0 Å². The molecule has 3 aromatic rings. The number of amides is 2. The van der Waals surface area contributed by atoms with Crippen molar-refractivity contribution in [3.63, 3.8) is 0 Å². The minimum atomic E-state index is -0.425. The molecular weight excluding hydrogens is 428 g/mol. The van der Waals surface area contributed by atoms with Crippen LogP contribution >= 0.6 is 0 Å². The van der Waals surface area contributed by atoms with Crippen molar-refractivity contribution in [3.05, 3.63) is 102 Å². The molecule has 0 spiro atoms. The number of carbonyl (C=O) groups is 3. The van der Waals surface area contributed by atoms with Gasteiger partial charge in [0.05, 0.1) is 5.92 Å². The maximum atomic E-state index is 13.3. The number of rotatable bonds is 6. The smallest absolute Gasteiger partial charge is 0.308 e. The Morgan fingerprint density at radius 1 is 0.853 bits per heavy atom. The second kappa shape index (κ2) is 10.8. The highest BCUT2D eigenvalue weighted by molar-refractivity contribution is 5.95. The molecule has 1 aliphatic heterocycles. The first-order valence-electron chi connectivity index (χ1n) is 11.5. The van der Waals surface area contributed by atoms with E-state index in [4.69, 9.17) is 4.74 Å². The highest BCUT2D eigenvalue weighted by atomic mass is 16.5. The molecule has 4 rings (SSSR count). The second-order valence-corrected chi connectivity index (χ2v) is 8.45. The lowest BCUT2D eigenvalue weighted by molar-refractivity contribution is -0.132. The average molecular weight is 457 g/mol. The topological polar surface area (TPSA) is 75.7 Å². The van der Waals surface area contributed by atoms with Crippen LogP contribution in [0.4, 0.5) is 0 Å². The van der Waals surface area contributed by atoms with Gasteiger partial charge in [0.25, 0.3) is 5.91 Å². The summed E-state index contributed by atoms with van der Waals surface area (Å²) in [7, 11) is 0. The molecule has 0 radical (unpaired) electrons. The predicted molar refractivity (Wildman–Crippen MR) is 130 cm³/mol. The third kappa shape index (κ3) is 5.70. The van der Waals surface area contributed by atoms with Crippen molar-refractivity contribution >= 4 is 17.8 Å². The van der Waals surface area contributed by atoms with Gasteiger partial charge >= 0.3 is 5.97 Å². The van der Waals surface area contributed by atoms with Gasteiger partial charge in [-0.2, -0.15) is 0 Å². The molecule has 6 nitrogen and oxygen atoms in total. The van der Waals surface area contributed by atoms with Crippen LogP contribution in [0.1, 0.15) is 47.2 Å². The van der Waals surface area contributed by atoms with Crippen molar-refractivity contribution in [2.45, 2.75) is 31.7 Å². The quantitative estimate of drug-likeness (QED) is 0.446. The third-order valence-corrected chi connectivity index (χ3v) is 6.00. The van der Waals surface area contributed by atoms with E-state index in [0.717, 1.165) is 11.1 Å². The largest absolute Gasteiger partial charge is 0.427 e. The number of likely N-dealkylation sites (tertiary alicyclic amines) is 1. The second-order valence-electron chi connectivity index (χ2n) is 8.45. The van der Waals surface area contributed by atoms with Crippen molar-refractivity contribution in [1.82, 2.24) is 10.2 Å². The Morgan fingerprint density at radius 2 is 1.44 bits per heavy atom. The minimum absolute atomic E-state index is 0.00106. The maximum absolute atomic E-state index is 13.3. The van der Waals surface area contributed by atoms with Crippen molar-refractivity contribution in [1.29, 1.82) is 0 Å². The number of ether oxygens (including phenoxy) is 1. The van der Waals surface area contributed by atoms with Crippen molar-refractivity contribution < 1.29 is 19.1 Å². The number of nitrogens with one attached hydrogen (secondary N) is 1. The van der Waals surface area contributed by atoms with Gasteiger partial charge in [0.15, 0.2) is 0 Å². The summed E-state index contributed by atoms with van der Waals surface area (Å²) in [5.74, 6) is -0.591. The van der Waals surface area contributed by atoms with Crippen LogP contribution < -0.4 is 10.1 Å². The highest BCUT2D eigenvalue weighted by Crippen LogP contribution is 2.26. The van der Waals surface area contributed by atoms with E-state index in [9.17, 15) is 14.4 Å². The number of piperidine rings is 1. The van der Waals surface area contributed by atoms with Crippen molar-refractivity contribution in [2.24, 2.45) is 0 Å². The van der Waals surface area contributed by atoms with E-state index in [1.165, 1.54) is 6.92 Å². The van der Waals surface area contributed by atoms with Crippen LogP contribution in [0.5, 0.6) is 5.75 Å². The Labute approximate surface area is 199 Å². The molecule has 0 aliphatic carbocycles. The van der Waals surface area contributed by atoms with E-state index in [2.05, 4.69) is 5.32 Å². The fourth-order valence-corrected chi connectivity index (χ4v) is 4.34. The first kappa shape index (κ1) is 23.2. The normalized spacial score (nSPS) is 14.0. The van der Waals surface area contributed by atoms with Gasteiger partial charge in [0.1, 0.15) is 5.75 Å². The molecule has 1 fully saturated rings. The summed E-state index contributed by atoms with van der Waals surface area (Å²) in [4.78, 5) is 39.3. The summed E-state index contributed by atoms with van der Waals surface area (Å²) < 4.78 is 5.09. The SMILES string of the molecule is CC(=O)Oc1cccc(C(=O)N2CCC(NC(=O)C(c3ccccc3)c3ccccc3)CC2)c1. The number of benzene rings is 3. The molecule has 0 unspecified atom stereocenters. The first-order valence-corrected chi connectivity index (χ1v) is 11.5. The van der Waals surface area contributed by atoms with Crippen LogP contribution in [-0.2, 0) is 9.59 Å². The summed E-state index contributed by atoms with van der Waals surface area (Å²) in [6.07, 6.45) is 1.36. The van der Waals surface area contributed by atoms with E-state index in [1.807, 2.05) is 60.7 Å². The van der Waals surface area contributed by atoms with E-state index >= 15 is 0 Å². The van der Waals surface area contributed by atoms with E-state index in [-0.39, 0.29) is 23.8 Å². The van der Waals surface area contributed by atoms with Gasteiger partial charge in [-0.25, -0.2) is 0 Å². The van der Waals surface area contributed by atoms with Crippen LogP contribution in [0.2, 0.25) is 0 Å². The molecule has 6 heteroatoms. The summed E-state index contributed by atoms with van der Waals surface area (Å²) in [5.41, 5.74) is 2.38. The van der Waals surface area contributed by atoms with Crippen LogP contribution in [0, 0.1) is 0 Å². The maximum Gasteiger partial charge on any atom is 0.308 e. The zero-order chi connectivity index (χ0) is 23.9. The fourth-order valence-electron chi connectivity index (χ4n) is 4.34. The summed E-state index contributed by atoms with van der Waals surface area (Å²) in [6.45, 7) is 2.42. The van der Waals surface area contributed by atoms with E-state index in [1.54, 1.807) is 29.2 Å². The van der Waals surface area contributed by atoms with Gasteiger partial charge in [-0.3, -0.25) is 14.4 Å². The van der Waals surface area contributed by atoms with E-state index in [0.29, 0.717) is 37.2 Å². The van der Waals surface area contributed by atoms with Crippen molar-refractivity contribution in [2.75, 3.05) is 13.1 Å². The van der Waals surface area contributed by atoms with Gasteiger partial charge in [0.2, 0.25) is 5.91 Å². The monoisotopic (exact) mass is 456 g/mol. The molecule has 0 saturated carbocycles. The van der Waals surface area contributed by atoms with E-state index < -0.39 is 5.97 Å². The summed E-state index contributed by atoms with van der Waals surface area (Å²) in [6, 6.07) is 26.2. The lowest BCUT2D eigenvalue weighted by Gasteiger charge is -2.33. The lowest BCUT2D eigenvalue weighted by atomic mass is 9.90. The Balaban J connectivity index is 1.39. The first-order chi connectivity index (χ1) is 16.5. The number of esters is 1. The molecule has 174 valence electrons. The Morgan fingerprint density at radius 3 is 2.00 bits per heavy atom. The standard InChI is InChI=1S/C28H28N2O4/c1-20(31)34-25-14-8-13-23(19-25)28(33)30-17-15-24(16-18-30)29-27(32)26(21-9-4-2-5-10-21)22-11-6-3-7-12-22/h2-14,19,24,26H,15-18H2,1H3,(H,29,32). The van der Waals surface area contributed by atoms with Crippen LogP contribution in [-0.4, -0.2) is 41.8 Å². The third-order valence-electron chi connectivity index (χ3n) is 6.00. The molecule has 1 heterocycles. The highest BCUT2D eigenvalue weighted by Gasteiger charge is 2.28. The van der Waals surface area contributed by atoms with Gasteiger partial charge < -0.3 is 15.0 Å². The number of hydrogen-bond acceptors (Lipinski definition) is 4. The molecule has 0 bridgehead atoms.